The summed E-state index contributed by atoms with van der Waals surface area (Å²) >= 11 is 0. The molecule has 1 aromatic rings. The summed E-state index contributed by atoms with van der Waals surface area (Å²) < 4.78 is 9.61. The topological polar surface area (TPSA) is 82.6 Å². The van der Waals surface area contributed by atoms with Gasteiger partial charge in [-0.05, 0) is 26.0 Å². The number of aromatic nitrogens is 1. The molecule has 0 aliphatic heterocycles. The first-order valence-electron chi connectivity index (χ1n) is 6.36. The first kappa shape index (κ1) is 15.8. The second-order valence-corrected chi connectivity index (χ2v) is 3.92. The van der Waals surface area contributed by atoms with E-state index < -0.39 is 23.6 Å². The van der Waals surface area contributed by atoms with E-state index in [0.717, 1.165) is 0 Å². The van der Waals surface area contributed by atoms with Crippen molar-refractivity contribution in [3.63, 3.8) is 0 Å². The van der Waals surface area contributed by atoms with E-state index in [4.69, 9.17) is 9.47 Å². The molecule has 1 heterocycles. The van der Waals surface area contributed by atoms with Crippen LogP contribution in [0, 0.1) is 5.92 Å². The predicted octanol–water partition coefficient (Wildman–Crippen LogP) is 1.40. The third-order valence-electron chi connectivity index (χ3n) is 2.51. The van der Waals surface area contributed by atoms with Gasteiger partial charge in [-0.25, -0.2) is 0 Å². The van der Waals surface area contributed by atoms with Crippen LogP contribution in [0.1, 0.15) is 30.6 Å². The van der Waals surface area contributed by atoms with E-state index in [1.54, 1.807) is 19.9 Å². The molecular formula is C14H17NO5. The molecular weight excluding hydrogens is 262 g/mol. The quantitative estimate of drug-likeness (QED) is 0.426. The molecule has 0 bridgehead atoms. The molecule has 6 nitrogen and oxygen atoms in total. The number of Topliss-reactive ketones (excluding diaryl/α,β-unsaturated/α-hetero) is 1. The van der Waals surface area contributed by atoms with Crippen molar-refractivity contribution >= 4 is 17.7 Å². The molecule has 108 valence electrons. The summed E-state index contributed by atoms with van der Waals surface area (Å²) in [4.78, 5) is 39.4. The lowest BCUT2D eigenvalue weighted by molar-refractivity contribution is -0.152. The first-order valence-corrected chi connectivity index (χ1v) is 6.36. The largest absolute Gasteiger partial charge is 0.466 e. The van der Waals surface area contributed by atoms with E-state index in [-0.39, 0.29) is 25.2 Å². The molecule has 6 heteroatoms. The Morgan fingerprint density at radius 1 is 1.20 bits per heavy atom. The molecule has 0 unspecified atom stereocenters. The SMILES string of the molecule is CCOC(=O)C[C@H](C(=O)OCC)C(=O)c1cccnc1. The molecule has 0 saturated carbocycles. The minimum absolute atomic E-state index is 0.137. The molecule has 0 radical (unpaired) electrons. The van der Waals surface area contributed by atoms with Crippen LogP contribution in [0.25, 0.3) is 0 Å². The number of carbonyl (C=O) groups excluding carboxylic acids is 3. The van der Waals surface area contributed by atoms with Gasteiger partial charge in [0.2, 0.25) is 0 Å². The maximum Gasteiger partial charge on any atom is 0.317 e. The van der Waals surface area contributed by atoms with E-state index in [1.165, 1.54) is 18.5 Å². The fourth-order valence-corrected chi connectivity index (χ4v) is 1.62. The summed E-state index contributed by atoms with van der Waals surface area (Å²) in [5.74, 6) is -3.03. The van der Waals surface area contributed by atoms with Crippen molar-refractivity contribution < 1.29 is 23.9 Å². The Labute approximate surface area is 117 Å². The van der Waals surface area contributed by atoms with Gasteiger partial charge in [-0.3, -0.25) is 19.4 Å². The molecule has 0 aliphatic carbocycles. The second kappa shape index (κ2) is 8.04. The summed E-state index contributed by atoms with van der Waals surface area (Å²) in [6, 6.07) is 3.12. The van der Waals surface area contributed by atoms with Crippen LogP contribution in [-0.2, 0) is 19.1 Å². The Morgan fingerprint density at radius 3 is 2.45 bits per heavy atom. The van der Waals surface area contributed by atoms with Crippen molar-refractivity contribution in [2.24, 2.45) is 5.92 Å². The van der Waals surface area contributed by atoms with E-state index in [2.05, 4.69) is 4.98 Å². The van der Waals surface area contributed by atoms with Gasteiger partial charge in [-0.2, -0.15) is 0 Å². The zero-order valence-electron chi connectivity index (χ0n) is 11.5. The number of ether oxygens (including phenoxy) is 2. The molecule has 0 N–H and O–H groups in total. The van der Waals surface area contributed by atoms with Gasteiger partial charge in [0.05, 0.1) is 19.6 Å². The normalized spacial score (nSPS) is 11.5. The van der Waals surface area contributed by atoms with Gasteiger partial charge in [0.25, 0.3) is 0 Å². The molecule has 1 atom stereocenters. The highest BCUT2D eigenvalue weighted by Gasteiger charge is 2.32. The maximum absolute atomic E-state index is 12.3. The van der Waals surface area contributed by atoms with Crippen LogP contribution < -0.4 is 0 Å². The smallest absolute Gasteiger partial charge is 0.317 e. The van der Waals surface area contributed by atoms with Gasteiger partial charge in [-0.1, -0.05) is 0 Å². The minimum atomic E-state index is -1.20. The monoisotopic (exact) mass is 279 g/mol. The Hall–Kier alpha value is -2.24. The third kappa shape index (κ3) is 4.46. The summed E-state index contributed by atoms with van der Waals surface area (Å²) in [5, 5.41) is 0. The van der Waals surface area contributed by atoms with Crippen molar-refractivity contribution in [1.82, 2.24) is 4.98 Å². The highest BCUT2D eigenvalue weighted by Crippen LogP contribution is 2.15. The lowest BCUT2D eigenvalue weighted by Gasteiger charge is -2.13. The number of nitrogens with zero attached hydrogens (tertiary/aromatic N) is 1. The molecule has 1 rings (SSSR count). The molecule has 0 aliphatic rings. The molecule has 0 amide bonds. The van der Waals surface area contributed by atoms with Gasteiger partial charge >= 0.3 is 11.9 Å². The summed E-state index contributed by atoms with van der Waals surface area (Å²) in [5.41, 5.74) is 0.259. The molecule has 0 fully saturated rings. The number of hydrogen-bond donors (Lipinski definition) is 0. The predicted molar refractivity (Wildman–Crippen MR) is 69.9 cm³/mol. The van der Waals surface area contributed by atoms with Crippen molar-refractivity contribution in [1.29, 1.82) is 0 Å². The maximum atomic E-state index is 12.3. The van der Waals surface area contributed by atoms with E-state index in [9.17, 15) is 14.4 Å². The summed E-state index contributed by atoms with van der Waals surface area (Å²) in [7, 11) is 0. The lowest BCUT2D eigenvalue weighted by atomic mass is 9.95. The Bertz CT molecular complexity index is 472. The zero-order chi connectivity index (χ0) is 15.0. The van der Waals surface area contributed by atoms with Crippen molar-refractivity contribution in [3.8, 4) is 0 Å². The minimum Gasteiger partial charge on any atom is -0.466 e. The second-order valence-electron chi connectivity index (χ2n) is 3.92. The van der Waals surface area contributed by atoms with Gasteiger partial charge in [0.1, 0.15) is 5.92 Å². The van der Waals surface area contributed by atoms with Gasteiger partial charge < -0.3 is 9.47 Å². The van der Waals surface area contributed by atoms with Crippen LogP contribution in [0.5, 0.6) is 0 Å². The average Bonchev–Trinajstić information content (AvgIpc) is 2.45. The van der Waals surface area contributed by atoms with Crippen LogP contribution in [0.3, 0.4) is 0 Å². The molecule has 0 aromatic carbocycles. The fraction of sp³-hybridized carbons (Fsp3) is 0.429. The molecule has 0 saturated heterocycles. The summed E-state index contributed by atoms with van der Waals surface area (Å²) in [6.45, 7) is 3.61. The van der Waals surface area contributed by atoms with Crippen LogP contribution in [-0.4, -0.2) is 35.9 Å². The van der Waals surface area contributed by atoms with Gasteiger partial charge in [0, 0.05) is 18.0 Å². The Kier molecular flexibility index (Phi) is 6.36. The summed E-state index contributed by atoms with van der Waals surface area (Å²) in [6.07, 6.45) is 2.53. The Balaban J connectivity index is 2.89. The molecule has 1 aromatic heterocycles. The van der Waals surface area contributed by atoms with Crippen LogP contribution in [0.2, 0.25) is 0 Å². The van der Waals surface area contributed by atoms with Gasteiger partial charge in [-0.15, -0.1) is 0 Å². The van der Waals surface area contributed by atoms with E-state index in [1.807, 2.05) is 0 Å². The van der Waals surface area contributed by atoms with Crippen LogP contribution >= 0.6 is 0 Å². The molecule has 20 heavy (non-hydrogen) atoms. The first-order chi connectivity index (χ1) is 9.60. The van der Waals surface area contributed by atoms with Crippen molar-refractivity contribution in [2.45, 2.75) is 20.3 Å². The number of carbonyl (C=O) groups is 3. The standard InChI is InChI=1S/C14H17NO5/c1-3-19-12(16)8-11(14(18)20-4-2)13(17)10-6-5-7-15-9-10/h5-7,9,11H,3-4,8H2,1-2H3/t11-/m0/s1. The van der Waals surface area contributed by atoms with Crippen LogP contribution in [0.4, 0.5) is 0 Å². The number of esters is 2. The fourth-order valence-electron chi connectivity index (χ4n) is 1.62. The average molecular weight is 279 g/mol. The van der Waals surface area contributed by atoms with Gasteiger partial charge in [0.15, 0.2) is 5.78 Å². The highest BCUT2D eigenvalue weighted by atomic mass is 16.5. The van der Waals surface area contributed by atoms with Crippen molar-refractivity contribution in [2.75, 3.05) is 13.2 Å². The lowest BCUT2D eigenvalue weighted by Crippen LogP contribution is -2.29. The highest BCUT2D eigenvalue weighted by molar-refractivity contribution is 6.10. The number of ketones is 1. The number of hydrogen-bond acceptors (Lipinski definition) is 6. The third-order valence-corrected chi connectivity index (χ3v) is 2.51. The van der Waals surface area contributed by atoms with E-state index >= 15 is 0 Å². The Morgan fingerprint density at radius 2 is 1.90 bits per heavy atom. The van der Waals surface area contributed by atoms with Crippen molar-refractivity contribution in [3.05, 3.63) is 30.1 Å². The van der Waals surface area contributed by atoms with E-state index in [0.29, 0.717) is 0 Å². The number of pyridine rings is 1. The number of rotatable bonds is 7. The zero-order valence-corrected chi connectivity index (χ0v) is 11.5. The van der Waals surface area contributed by atoms with Crippen LogP contribution in [0.15, 0.2) is 24.5 Å². The molecule has 0 spiro atoms.